The van der Waals surface area contributed by atoms with Crippen LogP contribution in [0.15, 0.2) is 22.8 Å². The van der Waals surface area contributed by atoms with Gasteiger partial charge in [-0.3, -0.25) is 0 Å². The number of fused-ring (bicyclic) bond motifs is 4. The van der Waals surface area contributed by atoms with Gasteiger partial charge in [-0.05, 0) is 119 Å². The predicted molar refractivity (Wildman–Crippen MR) is 119 cm³/mol. The van der Waals surface area contributed by atoms with Crippen LogP contribution in [0, 0.1) is 34.5 Å². The number of hydrogen-bond donors (Lipinski definition) is 1. The topological polar surface area (TPSA) is 20.2 Å². The summed E-state index contributed by atoms with van der Waals surface area (Å²) in [4.78, 5) is 0. The Morgan fingerprint density at radius 3 is 2.64 bits per heavy atom. The second-order valence-electron chi connectivity index (χ2n) is 11.7. The van der Waals surface area contributed by atoms with E-state index < -0.39 is 0 Å². The number of hydrogen-bond acceptors (Lipinski definition) is 1. The third-order valence-corrected chi connectivity index (χ3v) is 9.90. The summed E-state index contributed by atoms with van der Waals surface area (Å²) in [6.07, 6.45) is 16.7. The fourth-order valence-electron chi connectivity index (χ4n) is 8.25. The van der Waals surface area contributed by atoms with Crippen molar-refractivity contribution < 1.29 is 5.11 Å². The molecular weight excluding hydrogens is 340 g/mol. The zero-order valence-corrected chi connectivity index (χ0v) is 19.2. The first kappa shape index (κ1) is 20.7. The summed E-state index contributed by atoms with van der Waals surface area (Å²) in [5.74, 6) is 3.36. The van der Waals surface area contributed by atoms with Crippen LogP contribution in [0.1, 0.15) is 105 Å². The van der Waals surface area contributed by atoms with E-state index in [0.29, 0.717) is 10.8 Å². The first-order chi connectivity index (χ1) is 13.3. The van der Waals surface area contributed by atoms with Crippen LogP contribution >= 0.6 is 0 Å². The maximum Gasteiger partial charge on any atom is 0.0543 e. The summed E-state index contributed by atoms with van der Waals surface area (Å²) in [7, 11) is 0. The lowest BCUT2D eigenvalue weighted by Crippen LogP contribution is -2.45. The zero-order valence-electron chi connectivity index (χ0n) is 19.2. The Morgan fingerprint density at radius 1 is 1.11 bits per heavy atom. The molecule has 4 aliphatic rings. The highest BCUT2D eigenvalue weighted by Crippen LogP contribution is 2.65. The van der Waals surface area contributed by atoms with Gasteiger partial charge < -0.3 is 5.11 Å². The predicted octanol–water partition coefficient (Wildman–Crippen LogP) is 7.45. The van der Waals surface area contributed by atoms with Crippen molar-refractivity contribution in [2.24, 2.45) is 34.5 Å². The van der Waals surface area contributed by atoms with Gasteiger partial charge in [0, 0.05) is 0 Å². The molecule has 28 heavy (non-hydrogen) atoms. The average molecular weight is 385 g/mol. The van der Waals surface area contributed by atoms with E-state index in [2.05, 4.69) is 40.7 Å². The highest BCUT2D eigenvalue weighted by molar-refractivity contribution is 5.34. The molecule has 0 aromatic rings. The van der Waals surface area contributed by atoms with E-state index in [-0.39, 0.29) is 6.10 Å². The van der Waals surface area contributed by atoms with E-state index >= 15 is 0 Å². The van der Waals surface area contributed by atoms with E-state index in [1.165, 1.54) is 63.4 Å². The summed E-state index contributed by atoms with van der Waals surface area (Å²) < 4.78 is 0. The van der Waals surface area contributed by atoms with E-state index in [9.17, 15) is 5.11 Å². The van der Waals surface area contributed by atoms with Crippen molar-refractivity contribution in [1.29, 1.82) is 0 Å². The van der Waals surface area contributed by atoms with Gasteiger partial charge in [-0.2, -0.15) is 0 Å². The first-order valence-electron chi connectivity index (χ1n) is 12.3. The van der Waals surface area contributed by atoms with Crippen molar-refractivity contribution in [3.05, 3.63) is 22.8 Å². The SMILES string of the molecule is CC(C)=CCCC(C)[C@H]1CC[C@H]2C3=C(CC[C@]12C)[C@@]1(C)CC[C@H](O)C[C@@H]1CC3. The molecule has 2 fully saturated rings. The minimum atomic E-state index is -0.0356. The highest BCUT2D eigenvalue weighted by atomic mass is 16.3. The molecule has 4 aliphatic carbocycles. The number of aliphatic hydroxyl groups is 1. The summed E-state index contributed by atoms with van der Waals surface area (Å²) in [6, 6.07) is 0. The van der Waals surface area contributed by atoms with Crippen LogP contribution in [0.25, 0.3) is 0 Å². The average Bonchev–Trinajstić information content (AvgIpc) is 2.99. The van der Waals surface area contributed by atoms with Gasteiger partial charge in [0.05, 0.1) is 6.10 Å². The lowest BCUT2D eigenvalue weighted by Gasteiger charge is -2.55. The minimum Gasteiger partial charge on any atom is -0.393 e. The van der Waals surface area contributed by atoms with Crippen LogP contribution < -0.4 is 0 Å². The van der Waals surface area contributed by atoms with E-state index in [4.69, 9.17) is 0 Å². The second-order valence-corrected chi connectivity index (χ2v) is 11.7. The molecule has 0 amide bonds. The molecule has 0 bridgehead atoms. The van der Waals surface area contributed by atoms with Gasteiger partial charge >= 0.3 is 0 Å². The molecule has 7 atom stereocenters. The molecule has 0 saturated heterocycles. The molecule has 1 heteroatoms. The zero-order chi connectivity index (χ0) is 20.1. The third-order valence-electron chi connectivity index (χ3n) is 9.90. The second kappa shape index (κ2) is 7.60. The van der Waals surface area contributed by atoms with Crippen LogP contribution in [0.3, 0.4) is 0 Å². The molecule has 1 nitrogen and oxygen atoms in total. The van der Waals surface area contributed by atoms with Crippen molar-refractivity contribution in [2.75, 3.05) is 0 Å². The normalized spacial score (nSPS) is 43.8. The van der Waals surface area contributed by atoms with Crippen molar-refractivity contribution in [3.8, 4) is 0 Å². The largest absolute Gasteiger partial charge is 0.393 e. The van der Waals surface area contributed by atoms with Gasteiger partial charge in [-0.1, -0.05) is 43.6 Å². The van der Waals surface area contributed by atoms with Crippen molar-refractivity contribution >= 4 is 0 Å². The minimum absolute atomic E-state index is 0.0356. The lowest BCUT2D eigenvalue weighted by molar-refractivity contribution is 0.0133. The van der Waals surface area contributed by atoms with Crippen molar-refractivity contribution in [3.63, 3.8) is 0 Å². The Morgan fingerprint density at radius 2 is 1.89 bits per heavy atom. The molecule has 1 unspecified atom stereocenters. The Bertz CT molecular complexity index is 653. The number of allylic oxidation sites excluding steroid dienone is 4. The standard InChI is InChI=1S/C27H44O/c1-18(2)7-6-8-19(3)23-11-12-24-22-10-9-20-17-21(28)13-15-26(20,4)25(22)14-16-27(23,24)5/h7,19-21,23-24,28H,6,8-17H2,1-5H3/t19?,20-,21-,23+,24-,26-,27+/m0/s1. The third kappa shape index (κ3) is 3.34. The maximum atomic E-state index is 10.2. The van der Waals surface area contributed by atoms with Crippen molar-refractivity contribution in [2.45, 2.75) is 111 Å². The number of aliphatic hydroxyl groups excluding tert-OH is 1. The van der Waals surface area contributed by atoms with Crippen molar-refractivity contribution in [1.82, 2.24) is 0 Å². The monoisotopic (exact) mass is 384 g/mol. The first-order valence-corrected chi connectivity index (χ1v) is 12.3. The number of rotatable bonds is 4. The molecule has 0 heterocycles. The summed E-state index contributed by atoms with van der Waals surface area (Å²) in [5, 5.41) is 10.2. The van der Waals surface area contributed by atoms with Crippen LogP contribution in [-0.4, -0.2) is 11.2 Å². The Hall–Kier alpha value is -0.560. The van der Waals surface area contributed by atoms with Gasteiger partial charge in [0.15, 0.2) is 0 Å². The van der Waals surface area contributed by atoms with Gasteiger partial charge in [0.25, 0.3) is 0 Å². The van der Waals surface area contributed by atoms with Gasteiger partial charge in [-0.25, -0.2) is 0 Å². The highest BCUT2D eigenvalue weighted by Gasteiger charge is 2.55. The molecule has 2 saturated carbocycles. The van der Waals surface area contributed by atoms with E-state index in [1.807, 2.05) is 11.1 Å². The van der Waals surface area contributed by atoms with Crippen LogP contribution in [-0.2, 0) is 0 Å². The van der Waals surface area contributed by atoms with Crippen LogP contribution in [0.5, 0.6) is 0 Å². The van der Waals surface area contributed by atoms with Crippen LogP contribution in [0.2, 0.25) is 0 Å². The fourth-order valence-corrected chi connectivity index (χ4v) is 8.25. The fraction of sp³-hybridized carbons (Fsp3) is 0.852. The molecule has 0 spiro atoms. The molecule has 0 aromatic heterocycles. The molecule has 0 aliphatic heterocycles. The Kier molecular flexibility index (Phi) is 5.62. The molecule has 158 valence electrons. The molecule has 0 aromatic carbocycles. The van der Waals surface area contributed by atoms with Crippen LogP contribution in [0.4, 0.5) is 0 Å². The van der Waals surface area contributed by atoms with E-state index in [0.717, 1.165) is 36.5 Å². The molecular formula is C27H44O. The Labute approximate surface area is 174 Å². The lowest BCUT2D eigenvalue weighted by atomic mass is 9.50. The summed E-state index contributed by atoms with van der Waals surface area (Å²) in [5.41, 5.74) is 6.19. The smallest absolute Gasteiger partial charge is 0.0543 e. The van der Waals surface area contributed by atoms with E-state index in [1.54, 1.807) is 0 Å². The molecule has 1 N–H and O–H groups in total. The Balaban J connectivity index is 1.55. The van der Waals surface area contributed by atoms with Gasteiger partial charge in [0.2, 0.25) is 0 Å². The quantitative estimate of drug-likeness (QED) is 0.499. The summed E-state index contributed by atoms with van der Waals surface area (Å²) >= 11 is 0. The van der Waals surface area contributed by atoms with Gasteiger partial charge in [0.1, 0.15) is 0 Å². The maximum absolute atomic E-state index is 10.2. The van der Waals surface area contributed by atoms with Gasteiger partial charge in [-0.15, -0.1) is 0 Å². The molecule has 0 radical (unpaired) electrons. The summed E-state index contributed by atoms with van der Waals surface area (Å²) in [6.45, 7) is 12.2. The molecule has 4 rings (SSSR count).